The fraction of sp³-hybridized carbons (Fsp3) is 0.357. The maximum atomic E-state index is 12.2. The molecule has 1 aliphatic rings. The lowest BCUT2D eigenvalue weighted by Gasteiger charge is -2.19. The fourth-order valence-corrected chi connectivity index (χ4v) is 4.24. The highest BCUT2D eigenvalue weighted by Gasteiger charge is 2.32. The Labute approximate surface area is 150 Å². The summed E-state index contributed by atoms with van der Waals surface area (Å²) < 4.78 is 0.729. The van der Waals surface area contributed by atoms with Gasteiger partial charge in [0.15, 0.2) is 5.12 Å². The molecule has 8 heteroatoms. The molecule has 1 aliphatic heterocycles. The molecular formula is C14H12BrClN2O2S2. The van der Waals surface area contributed by atoms with Gasteiger partial charge >= 0.3 is 0 Å². The Hall–Kier alpha value is -0.680. The van der Waals surface area contributed by atoms with Crippen molar-refractivity contribution in [1.82, 2.24) is 0 Å². The number of carbonyl (C=O) groups excluding carboxylic acids is 2. The number of nitrogens with zero attached hydrogens (tertiary/aromatic N) is 2. The molecule has 4 nitrogen and oxygen atoms in total. The van der Waals surface area contributed by atoms with Crippen molar-refractivity contribution in [2.45, 2.75) is 18.2 Å². The number of benzene rings is 1. The normalized spacial score (nSPS) is 17.6. The predicted molar refractivity (Wildman–Crippen MR) is 94.2 cm³/mol. The van der Waals surface area contributed by atoms with E-state index in [-0.39, 0.29) is 16.9 Å². The topological polar surface area (TPSA) is 61.2 Å². The molecular weight excluding hydrogens is 408 g/mol. The Kier molecular flexibility index (Phi) is 6.21. The maximum absolute atomic E-state index is 12.2. The van der Waals surface area contributed by atoms with E-state index < -0.39 is 0 Å². The van der Waals surface area contributed by atoms with Crippen molar-refractivity contribution in [3.05, 3.63) is 21.6 Å². The zero-order valence-electron chi connectivity index (χ0n) is 11.6. The van der Waals surface area contributed by atoms with Crippen molar-refractivity contribution in [2.24, 2.45) is 5.92 Å². The van der Waals surface area contributed by atoms with Crippen LogP contribution in [0.2, 0.25) is 5.02 Å². The molecule has 0 saturated carbocycles. The minimum Gasteiger partial charge on any atom is -0.311 e. The largest absolute Gasteiger partial charge is 0.311 e. The van der Waals surface area contributed by atoms with E-state index in [4.69, 9.17) is 16.9 Å². The molecule has 0 N–H and O–H groups in total. The summed E-state index contributed by atoms with van der Waals surface area (Å²) >= 11 is 11.9. The molecule has 1 fully saturated rings. The number of thioether (sulfide) groups is 2. The van der Waals surface area contributed by atoms with E-state index in [0.717, 1.165) is 16.2 Å². The summed E-state index contributed by atoms with van der Waals surface area (Å²) in [5.41, 5.74) is 0.635. The monoisotopic (exact) mass is 418 g/mol. The Balaban J connectivity index is 2.18. The number of amides is 1. The van der Waals surface area contributed by atoms with Crippen molar-refractivity contribution in [2.75, 3.05) is 17.2 Å². The second-order valence-electron chi connectivity index (χ2n) is 4.80. The van der Waals surface area contributed by atoms with Crippen molar-refractivity contribution >= 4 is 67.8 Å². The first-order valence-electron chi connectivity index (χ1n) is 6.41. The molecule has 0 spiro atoms. The molecule has 1 atom stereocenters. The highest BCUT2D eigenvalue weighted by Crippen LogP contribution is 2.39. The quantitative estimate of drug-likeness (QED) is 0.537. The Morgan fingerprint density at radius 1 is 1.59 bits per heavy atom. The molecule has 116 valence electrons. The molecule has 1 aromatic rings. The zero-order chi connectivity index (χ0) is 16.3. The van der Waals surface area contributed by atoms with Crippen LogP contribution in [-0.4, -0.2) is 23.3 Å². The van der Waals surface area contributed by atoms with Gasteiger partial charge in [-0.15, -0.1) is 0 Å². The highest BCUT2D eigenvalue weighted by atomic mass is 79.9. The van der Waals surface area contributed by atoms with Gasteiger partial charge in [-0.1, -0.05) is 23.4 Å². The van der Waals surface area contributed by atoms with Crippen LogP contribution in [0.5, 0.6) is 0 Å². The maximum Gasteiger partial charge on any atom is 0.227 e. The van der Waals surface area contributed by atoms with E-state index in [1.165, 1.54) is 18.7 Å². The number of rotatable bonds is 4. The van der Waals surface area contributed by atoms with Crippen LogP contribution in [0.4, 0.5) is 5.69 Å². The van der Waals surface area contributed by atoms with E-state index in [1.54, 1.807) is 17.0 Å². The van der Waals surface area contributed by atoms with Crippen LogP contribution in [0, 0.1) is 16.6 Å². The lowest BCUT2D eigenvalue weighted by atomic mass is 10.1. The first kappa shape index (κ1) is 17.7. The molecule has 0 bridgehead atoms. The summed E-state index contributed by atoms with van der Waals surface area (Å²) in [5.74, 6) is 0.784. The Morgan fingerprint density at radius 3 is 2.95 bits per heavy atom. The van der Waals surface area contributed by atoms with Gasteiger partial charge < -0.3 is 4.90 Å². The summed E-state index contributed by atoms with van der Waals surface area (Å²) in [6.07, 6.45) is 0.420. The molecule has 1 amide bonds. The lowest BCUT2D eigenvalue weighted by Crippen LogP contribution is -2.25. The van der Waals surface area contributed by atoms with Gasteiger partial charge in [0, 0.05) is 35.0 Å². The van der Waals surface area contributed by atoms with E-state index >= 15 is 0 Å². The van der Waals surface area contributed by atoms with Gasteiger partial charge in [0.05, 0.1) is 10.7 Å². The molecule has 0 radical (unpaired) electrons. The minimum atomic E-state index is 0.00337. The van der Waals surface area contributed by atoms with E-state index in [1.807, 2.05) is 5.40 Å². The van der Waals surface area contributed by atoms with Gasteiger partial charge in [-0.05, 0) is 45.7 Å². The Morgan fingerprint density at radius 2 is 2.32 bits per heavy atom. The number of hydrogen-bond acceptors (Lipinski definition) is 5. The van der Waals surface area contributed by atoms with Crippen LogP contribution in [0.3, 0.4) is 0 Å². The molecule has 1 unspecified atom stereocenters. The number of carbonyl (C=O) groups is 2. The lowest BCUT2D eigenvalue weighted by molar-refractivity contribution is -0.117. The van der Waals surface area contributed by atoms with E-state index in [0.29, 0.717) is 34.3 Å². The van der Waals surface area contributed by atoms with Crippen LogP contribution in [0.1, 0.15) is 13.3 Å². The van der Waals surface area contributed by atoms with Gasteiger partial charge in [-0.3, -0.25) is 9.59 Å². The third-order valence-corrected chi connectivity index (χ3v) is 6.09. The van der Waals surface area contributed by atoms with Gasteiger partial charge in [-0.2, -0.15) is 5.26 Å². The number of anilines is 1. The van der Waals surface area contributed by atoms with Crippen molar-refractivity contribution in [3.8, 4) is 5.40 Å². The average Bonchev–Trinajstić information content (AvgIpc) is 2.81. The highest BCUT2D eigenvalue weighted by molar-refractivity contribution is 9.10. The van der Waals surface area contributed by atoms with Crippen molar-refractivity contribution in [3.63, 3.8) is 0 Å². The number of halogens is 2. The first-order valence-corrected chi connectivity index (χ1v) is 9.38. The van der Waals surface area contributed by atoms with Gasteiger partial charge in [0.25, 0.3) is 0 Å². The van der Waals surface area contributed by atoms with Crippen LogP contribution >= 0.6 is 51.1 Å². The van der Waals surface area contributed by atoms with Crippen LogP contribution in [0.15, 0.2) is 21.5 Å². The van der Waals surface area contributed by atoms with Crippen LogP contribution in [-0.2, 0) is 9.59 Å². The second kappa shape index (κ2) is 7.73. The minimum absolute atomic E-state index is 0.00337. The predicted octanol–water partition coefficient (Wildman–Crippen LogP) is 4.31. The van der Waals surface area contributed by atoms with Crippen LogP contribution in [0.25, 0.3) is 0 Å². The Bertz CT molecular complexity index is 663. The number of hydrogen-bond donors (Lipinski definition) is 0. The zero-order valence-corrected chi connectivity index (χ0v) is 15.6. The molecule has 0 aliphatic carbocycles. The SMILES string of the molecule is CC(=O)SCC1CC(=O)N(c2cc(Br)c(SC#N)cc2Cl)C1. The van der Waals surface area contributed by atoms with Gasteiger partial charge in [-0.25, -0.2) is 0 Å². The summed E-state index contributed by atoms with van der Waals surface area (Å²) in [4.78, 5) is 25.6. The third-order valence-electron chi connectivity index (χ3n) is 3.18. The first-order chi connectivity index (χ1) is 10.4. The van der Waals surface area contributed by atoms with E-state index in [9.17, 15) is 9.59 Å². The number of nitriles is 1. The van der Waals surface area contributed by atoms with Crippen LogP contribution < -0.4 is 4.90 Å². The third kappa shape index (κ3) is 4.19. The fourth-order valence-electron chi connectivity index (χ4n) is 2.21. The molecule has 1 heterocycles. The van der Waals surface area contributed by atoms with Crippen molar-refractivity contribution in [1.29, 1.82) is 5.26 Å². The molecule has 1 aromatic carbocycles. The van der Waals surface area contributed by atoms with Gasteiger partial charge in [0.1, 0.15) is 5.40 Å². The molecule has 22 heavy (non-hydrogen) atoms. The molecule has 0 aromatic heterocycles. The molecule has 1 saturated heterocycles. The summed E-state index contributed by atoms with van der Waals surface area (Å²) in [5, 5.41) is 11.2. The summed E-state index contributed by atoms with van der Waals surface area (Å²) in [7, 11) is 0. The smallest absolute Gasteiger partial charge is 0.227 e. The standard InChI is InChI=1S/C14H12BrClN2O2S2/c1-8(19)21-6-9-2-14(20)18(5-9)12-3-10(15)13(22-7-17)4-11(12)16/h3-4,9H,2,5-6H2,1H3. The summed E-state index contributed by atoms with van der Waals surface area (Å²) in [6, 6.07) is 3.44. The summed E-state index contributed by atoms with van der Waals surface area (Å²) in [6.45, 7) is 2.08. The van der Waals surface area contributed by atoms with Crippen molar-refractivity contribution < 1.29 is 9.59 Å². The average molecular weight is 420 g/mol. The van der Waals surface area contributed by atoms with Gasteiger partial charge in [0.2, 0.25) is 5.91 Å². The number of thiocyanates is 1. The second-order valence-corrected chi connectivity index (χ2v) is 8.09. The van der Waals surface area contributed by atoms with E-state index in [2.05, 4.69) is 15.9 Å². The molecule has 2 rings (SSSR count).